The van der Waals surface area contributed by atoms with Crippen molar-refractivity contribution in [3.05, 3.63) is 23.3 Å². The number of allylic oxidation sites excluding steroid dienone is 2. The van der Waals surface area contributed by atoms with Crippen LogP contribution in [-0.4, -0.2) is 11.7 Å². The maximum Gasteiger partial charge on any atom is 0.0957 e. The molecule has 1 fully saturated rings. The van der Waals surface area contributed by atoms with E-state index in [1.165, 1.54) is 24.0 Å². The van der Waals surface area contributed by atoms with Crippen molar-refractivity contribution in [3.8, 4) is 0 Å². The van der Waals surface area contributed by atoms with E-state index >= 15 is 0 Å². The van der Waals surface area contributed by atoms with Crippen LogP contribution in [0.5, 0.6) is 0 Å². The summed E-state index contributed by atoms with van der Waals surface area (Å²) in [5, 5.41) is 0. The highest BCUT2D eigenvalue weighted by Gasteiger charge is 2.44. The molecule has 1 saturated heterocycles. The highest BCUT2D eigenvalue weighted by molar-refractivity contribution is 5.35. The summed E-state index contributed by atoms with van der Waals surface area (Å²) in [6.45, 7) is 8.98. The Hall–Kier alpha value is -0.560. The molecular weight excluding hydrogens is 184 g/mol. The van der Waals surface area contributed by atoms with Crippen molar-refractivity contribution in [1.29, 1.82) is 0 Å². The van der Waals surface area contributed by atoms with Crippen molar-refractivity contribution in [2.24, 2.45) is 5.92 Å². The molecule has 2 aliphatic rings. The van der Waals surface area contributed by atoms with Crippen LogP contribution in [0, 0.1) is 5.92 Å². The molecule has 1 aliphatic carbocycles. The molecule has 0 aromatic carbocycles. The molecule has 2 rings (SSSR count). The van der Waals surface area contributed by atoms with Crippen molar-refractivity contribution in [1.82, 2.24) is 0 Å². The summed E-state index contributed by atoms with van der Waals surface area (Å²) in [4.78, 5) is 0. The van der Waals surface area contributed by atoms with Gasteiger partial charge < -0.3 is 4.74 Å². The molecule has 1 nitrogen and oxygen atoms in total. The highest BCUT2D eigenvalue weighted by atomic mass is 16.5. The molecule has 0 bridgehead atoms. The van der Waals surface area contributed by atoms with Crippen LogP contribution in [0.3, 0.4) is 0 Å². The van der Waals surface area contributed by atoms with E-state index < -0.39 is 0 Å². The maximum atomic E-state index is 6.30. The Balaban J connectivity index is 2.39. The molecule has 0 N–H and O–H groups in total. The van der Waals surface area contributed by atoms with Gasteiger partial charge in [-0.05, 0) is 38.7 Å². The summed E-state index contributed by atoms with van der Waals surface area (Å²) >= 11 is 0. The zero-order valence-electron chi connectivity index (χ0n) is 10.3. The Labute approximate surface area is 93.2 Å². The average Bonchev–Trinajstić information content (AvgIpc) is 2.24. The Bertz CT molecular complexity index is 313. The molecule has 0 spiro atoms. The molecule has 84 valence electrons. The number of hydrogen-bond acceptors (Lipinski definition) is 1. The Morgan fingerprint density at radius 2 is 2.13 bits per heavy atom. The monoisotopic (exact) mass is 206 g/mol. The molecule has 1 heterocycles. The van der Waals surface area contributed by atoms with E-state index in [9.17, 15) is 0 Å². The highest BCUT2D eigenvalue weighted by Crippen LogP contribution is 2.46. The van der Waals surface area contributed by atoms with Crippen LogP contribution in [0.15, 0.2) is 23.3 Å². The predicted molar refractivity (Wildman–Crippen MR) is 63.8 cm³/mol. The predicted octanol–water partition coefficient (Wildman–Crippen LogP) is 3.86. The lowest BCUT2D eigenvalue weighted by atomic mass is 9.70. The molecule has 0 aromatic heterocycles. The van der Waals surface area contributed by atoms with Gasteiger partial charge in [0.05, 0.1) is 11.7 Å². The van der Waals surface area contributed by atoms with Gasteiger partial charge in [0.2, 0.25) is 0 Å². The number of hydrogen-bond donors (Lipinski definition) is 0. The summed E-state index contributed by atoms with van der Waals surface area (Å²) in [5.74, 6) is 0.533. The quantitative estimate of drug-likeness (QED) is 0.633. The fourth-order valence-corrected chi connectivity index (χ4v) is 3.03. The van der Waals surface area contributed by atoms with Crippen molar-refractivity contribution in [3.63, 3.8) is 0 Å². The van der Waals surface area contributed by atoms with Crippen molar-refractivity contribution in [2.75, 3.05) is 0 Å². The van der Waals surface area contributed by atoms with Crippen LogP contribution in [-0.2, 0) is 4.74 Å². The van der Waals surface area contributed by atoms with E-state index in [4.69, 9.17) is 4.74 Å². The minimum absolute atomic E-state index is 0.0104. The van der Waals surface area contributed by atoms with Gasteiger partial charge in [-0.3, -0.25) is 0 Å². The van der Waals surface area contributed by atoms with E-state index in [1.807, 2.05) is 0 Å². The van der Waals surface area contributed by atoms with Crippen LogP contribution in [0.4, 0.5) is 0 Å². The summed E-state index contributed by atoms with van der Waals surface area (Å²) in [6, 6.07) is 0. The van der Waals surface area contributed by atoms with Gasteiger partial charge in [0, 0.05) is 5.92 Å². The van der Waals surface area contributed by atoms with Crippen LogP contribution in [0.2, 0.25) is 0 Å². The maximum absolute atomic E-state index is 6.30. The van der Waals surface area contributed by atoms with E-state index in [0.29, 0.717) is 12.0 Å². The zero-order valence-corrected chi connectivity index (χ0v) is 10.3. The minimum Gasteiger partial charge on any atom is -0.367 e. The van der Waals surface area contributed by atoms with Gasteiger partial charge in [-0.2, -0.15) is 0 Å². The van der Waals surface area contributed by atoms with Crippen LogP contribution >= 0.6 is 0 Å². The largest absolute Gasteiger partial charge is 0.367 e. The molecule has 0 amide bonds. The molecule has 2 unspecified atom stereocenters. The smallest absolute Gasteiger partial charge is 0.0957 e. The van der Waals surface area contributed by atoms with Gasteiger partial charge in [0.15, 0.2) is 0 Å². The molecule has 1 aliphatic heterocycles. The topological polar surface area (TPSA) is 9.23 Å². The standard InChI is InChI=1S/C14H22O/c1-5-14-12(4)10(2)6-8-13(14)9-7-11(3)15-14/h6,8,11-12H,5,7,9H2,1-4H3/t11?,12?,14-/m0/s1. The summed E-state index contributed by atoms with van der Waals surface area (Å²) in [7, 11) is 0. The van der Waals surface area contributed by atoms with Gasteiger partial charge >= 0.3 is 0 Å². The lowest BCUT2D eigenvalue weighted by Gasteiger charge is -2.48. The fraction of sp³-hybridized carbons (Fsp3) is 0.714. The molecule has 0 saturated carbocycles. The van der Waals surface area contributed by atoms with Gasteiger partial charge in [-0.25, -0.2) is 0 Å². The van der Waals surface area contributed by atoms with E-state index in [1.54, 1.807) is 0 Å². The van der Waals surface area contributed by atoms with Crippen LogP contribution in [0.1, 0.15) is 47.0 Å². The molecule has 1 heteroatoms. The summed E-state index contributed by atoms with van der Waals surface area (Å²) in [5.41, 5.74) is 2.98. The van der Waals surface area contributed by atoms with E-state index in [0.717, 1.165) is 6.42 Å². The average molecular weight is 206 g/mol. The third kappa shape index (κ3) is 1.57. The minimum atomic E-state index is 0.0104. The van der Waals surface area contributed by atoms with Crippen LogP contribution in [0.25, 0.3) is 0 Å². The molecule has 15 heavy (non-hydrogen) atoms. The first-order valence-corrected chi connectivity index (χ1v) is 6.16. The second-order valence-electron chi connectivity index (χ2n) is 5.03. The SMILES string of the molecule is CC[C@@]12OC(C)CCC1=CC=C(C)C2C. The van der Waals surface area contributed by atoms with Gasteiger partial charge in [0.1, 0.15) is 0 Å². The lowest BCUT2D eigenvalue weighted by molar-refractivity contribution is -0.111. The fourth-order valence-electron chi connectivity index (χ4n) is 3.03. The third-order valence-electron chi connectivity index (χ3n) is 4.23. The van der Waals surface area contributed by atoms with Crippen molar-refractivity contribution >= 4 is 0 Å². The van der Waals surface area contributed by atoms with Gasteiger partial charge in [-0.1, -0.05) is 31.6 Å². The van der Waals surface area contributed by atoms with Crippen LogP contribution < -0.4 is 0 Å². The number of ether oxygens (including phenoxy) is 1. The van der Waals surface area contributed by atoms with E-state index in [-0.39, 0.29) is 5.60 Å². The van der Waals surface area contributed by atoms with Gasteiger partial charge in [0.25, 0.3) is 0 Å². The zero-order chi connectivity index (χ0) is 11.1. The normalized spacial score (nSPS) is 40.5. The Morgan fingerprint density at radius 3 is 2.80 bits per heavy atom. The molecule has 0 radical (unpaired) electrons. The second kappa shape index (κ2) is 3.79. The Morgan fingerprint density at radius 1 is 1.40 bits per heavy atom. The molecule has 3 atom stereocenters. The molecule has 0 aromatic rings. The molecular formula is C14H22O. The second-order valence-corrected chi connectivity index (χ2v) is 5.03. The van der Waals surface area contributed by atoms with Crippen molar-refractivity contribution < 1.29 is 4.74 Å². The summed E-state index contributed by atoms with van der Waals surface area (Å²) < 4.78 is 6.30. The number of fused-ring (bicyclic) bond motifs is 1. The van der Waals surface area contributed by atoms with Crippen molar-refractivity contribution in [2.45, 2.75) is 58.7 Å². The first-order chi connectivity index (χ1) is 7.10. The summed E-state index contributed by atoms with van der Waals surface area (Å²) in [6.07, 6.45) is 8.46. The third-order valence-corrected chi connectivity index (χ3v) is 4.23. The van der Waals surface area contributed by atoms with E-state index in [2.05, 4.69) is 39.8 Å². The number of rotatable bonds is 1. The first-order valence-electron chi connectivity index (χ1n) is 6.16. The van der Waals surface area contributed by atoms with Gasteiger partial charge in [-0.15, -0.1) is 0 Å². The lowest BCUT2D eigenvalue weighted by Crippen LogP contribution is -2.48. The Kier molecular flexibility index (Phi) is 2.76. The first kappa shape index (κ1) is 10.9.